The van der Waals surface area contributed by atoms with Gasteiger partial charge in [0.15, 0.2) is 5.69 Å². The van der Waals surface area contributed by atoms with Crippen LogP contribution in [0.4, 0.5) is 0 Å². The Kier molecular flexibility index (Phi) is 6.81. The second-order valence-electron chi connectivity index (χ2n) is 6.20. The molecule has 1 aliphatic rings. The Balaban J connectivity index is 0.00000225. The number of piperidine rings is 1. The summed E-state index contributed by atoms with van der Waals surface area (Å²) in [7, 11) is 1.76. The van der Waals surface area contributed by atoms with Gasteiger partial charge in [-0.05, 0) is 44.5 Å². The summed E-state index contributed by atoms with van der Waals surface area (Å²) in [5.41, 5.74) is 2.17. The number of carbonyl (C=O) groups excluding carboxylic acids is 1. The monoisotopic (exact) mass is 383 g/mol. The summed E-state index contributed by atoms with van der Waals surface area (Å²) < 4.78 is 1.90. The molecule has 0 saturated carbocycles. The maximum absolute atomic E-state index is 12.7. The zero-order chi connectivity index (χ0) is 17.1. The highest BCUT2D eigenvalue weighted by atomic mass is 35.5. The fraction of sp³-hybridized carbons (Fsp3) is 0.471. The van der Waals surface area contributed by atoms with E-state index >= 15 is 0 Å². The van der Waals surface area contributed by atoms with Crippen molar-refractivity contribution in [3.63, 3.8) is 0 Å². The molecule has 0 radical (unpaired) electrons. The number of amides is 1. The zero-order valence-electron chi connectivity index (χ0n) is 14.4. The third-order valence-electron chi connectivity index (χ3n) is 4.50. The first-order chi connectivity index (χ1) is 11.6. The SMILES string of the molecule is Cc1c(C(=O)N(C)Cc2ccccc2Cl)nnn1C1CCNCC1.Cl. The average Bonchev–Trinajstić information content (AvgIpc) is 2.98. The summed E-state index contributed by atoms with van der Waals surface area (Å²) in [4.78, 5) is 14.4. The smallest absolute Gasteiger partial charge is 0.276 e. The molecule has 1 N–H and O–H groups in total. The molecule has 25 heavy (non-hydrogen) atoms. The van der Waals surface area contributed by atoms with E-state index in [1.165, 1.54) is 0 Å². The lowest BCUT2D eigenvalue weighted by Gasteiger charge is -2.23. The van der Waals surface area contributed by atoms with Gasteiger partial charge in [0.05, 0.1) is 11.7 Å². The van der Waals surface area contributed by atoms with E-state index in [1.54, 1.807) is 11.9 Å². The van der Waals surface area contributed by atoms with Crippen LogP contribution in [0.3, 0.4) is 0 Å². The molecular weight excluding hydrogens is 361 g/mol. The van der Waals surface area contributed by atoms with Crippen molar-refractivity contribution in [3.8, 4) is 0 Å². The van der Waals surface area contributed by atoms with E-state index in [1.807, 2.05) is 35.9 Å². The predicted molar refractivity (Wildman–Crippen MR) is 100 cm³/mol. The fourth-order valence-corrected chi connectivity index (χ4v) is 3.27. The van der Waals surface area contributed by atoms with Crippen molar-refractivity contribution in [2.45, 2.75) is 32.4 Å². The van der Waals surface area contributed by atoms with Gasteiger partial charge in [-0.2, -0.15) is 0 Å². The predicted octanol–water partition coefficient (Wildman–Crippen LogP) is 2.86. The van der Waals surface area contributed by atoms with Gasteiger partial charge in [-0.15, -0.1) is 17.5 Å². The van der Waals surface area contributed by atoms with Crippen LogP contribution in [0, 0.1) is 6.92 Å². The van der Waals surface area contributed by atoms with Gasteiger partial charge in [-0.25, -0.2) is 4.68 Å². The van der Waals surface area contributed by atoms with Crippen molar-refractivity contribution in [3.05, 3.63) is 46.2 Å². The van der Waals surface area contributed by atoms with Gasteiger partial charge in [-0.1, -0.05) is 35.0 Å². The fourth-order valence-electron chi connectivity index (χ4n) is 3.07. The summed E-state index contributed by atoms with van der Waals surface area (Å²) >= 11 is 6.18. The van der Waals surface area contributed by atoms with Crippen LogP contribution >= 0.6 is 24.0 Å². The normalized spacial score (nSPS) is 14.8. The Labute approximate surface area is 158 Å². The molecule has 3 rings (SSSR count). The van der Waals surface area contributed by atoms with Gasteiger partial charge in [0.1, 0.15) is 0 Å². The maximum Gasteiger partial charge on any atom is 0.276 e. The maximum atomic E-state index is 12.7. The number of rotatable bonds is 4. The topological polar surface area (TPSA) is 63.1 Å². The molecule has 0 spiro atoms. The summed E-state index contributed by atoms with van der Waals surface area (Å²) in [6.45, 7) is 4.30. The number of nitrogens with one attached hydrogen (secondary N) is 1. The van der Waals surface area contributed by atoms with Crippen molar-refractivity contribution < 1.29 is 4.79 Å². The van der Waals surface area contributed by atoms with Crippen LogP contribution in [0.1, 0.15) is 40.6 Å². The van der Waals surface area contributed by atoms with Gasteiger partial charge in [-0.3, -0.25) is 4.79 Å². The molecule has 1 amide bonds. The molecule has 1 aromatic heterocycles. The lowest BCUT2D eigenvalue weighted by Crippen LogP contribution is -2.30. The molecule has 0 unspecified atom stereocenters. The molecule has 1 saturated heterocycles. The summed E-state index contributed by atoms with van der Waals surface area (Å²) in [6.07, 6.45) is 2.01. The zero-order valence-corrected chi connectivity index (χ0v) is 16.0. The van der Waals surface area contributed by atoms with Crippen LogP contribution < -0.4 is 5.32 Å². The quantitative estimate of drug-likeness (QED) is 0.881. The van der Waals surface area contributed by atoms with Gasteiger partial charge in [0.2, 0.25) is 0 Å². The molecule has 0 atom stereocenters. The number of hydrogen-bond acceptors (Lipinski definition) is 4. The Morgan fingerprint density at radius 1 is 1.36 bits per heavy atom. The van der Waals surface area contributed by atoms with Gasteiger partial charge < -0.3 is 10.2 Å². The first kappa shape index (κ1) is 19.7. The molecule has 6 nitrogen and oxygen atoms in total. The van der Waals surface area contributed by atoms with E-state index in [9.17, 15) is 4.79 Å². The van der Waals surface area contributed by atoms with E-state index in [0.717, 1.165) is 37.2 Å². The van der Waals surface area contributed by atoms with Crippen LogP contribution in [0.5, 0.6) is 0 Å². The van der Waals surface area contributed by atoms with E-state index in [4.69, 9.17) is 11.6 Å². The van der Waals surface area contributed by atoms with E-state index in [0.29, 0.717) is 23.3 Å². The second-order valence-corrected chi connectivity index (χ2v) is 6.61. The van der Waals surface area contributed by atoms with Crippen LogP contribution in [0.15, 0.2) is 24.3 Å². The number of nitrogens with zero attached hydrogens (tertiary/aromatic N) is 4. The molecular formula is C17H23Cl2N5O. The van der Waals surface area contributed by atoms with Crippen LogP contribution in [0.25, 0.3) is 0 Å². The second kappa shape index (κ2) is 8.65. The molecule has 0 bridgehead atoms. The molecule has 2 aromatic rings. The van der Waals surface area contributed by atoms with E-state index in [2.05, 4.69) is 15.6 Å². The van der Waals surface area contributed by atoms with Gasteiger partial charge >= 0.3 is 0 Å². The van der Waals surface area contributed by atoms with E-state index < -0.39 is 0 Å². The minimum Gasteiger partial charge on any atom is -0.336 e. The highest BCUT2D eigenvalue weighted by Crippen LogP contribution is 2.22. The molecule has 1 aromatic carbocycles. The highest BCUT2D eigenvalue weighted by molar-refractivity contribution is 6.31. The minimum atomic E-state index is -0.132. The molecule has 136 valence electrons. The lowest BCUT2D eigenvalue weighted by atomic mass is 10.1. The standard InChI is InChI=1S/C17H22ClN5O.ClH/c1-12-16(20-21-23(12)14-7-9-19-10-8-14)17(24)22(2)11-13-5-3-4-6-15(13)18;/h3-6,14,19H,7-11H2,1-2H3;1H. The van der Waals surface area contributed by atoms with Crippen LogP contribution in [0.2, 0.25) is 5.02 Å². The van der Waals surface area contributed by atoms with Crippen molar-refractivity contribution in [1.82, 2.24) is 25.2 Å². The van der Waals surface area contributed by atoms with Crippen molar-refractivity contribution in [2.75, 3.05) is 20.1 Å². The Hall–Kier alpha value is -1.63. The van der Waals surface area contributed by atoms with Crippen molar-refractivity contribution >= 4 is 29.9 Å². The lowest BCUT2D eigenvalue weighted by molar-refractivity contribution is 0.0778. The van der Waals surface area contributed by atoms with Crippen molar-refractivity contribution in [1.29, 1.82) is 0 Å². The summed E-state index contributed by atoms with van der Waals surface area (Å²) in [6, 6.07) is 7.86. The molecule has 1 fully saturated rings. The minimum absolute atomic E-state index is 0. The summed E-state index contributed by atoms with van der Waals surface area (Å²) in [5.74, 6) is -0.132. The van der Waals surface area contributed by atoms with Gasteiger partial charge in [0.25, 0.3) is 5.91 Å². The number of halogens is 2. The first-order valence-corrected chi connectivity index (χ1v) is 8.57. The molecule has 1 aliphatic heterocycles. The van der Waals surface area contributed by atoms with Crippen LogP contribution in [-0.2, 0) is 6.54 Å². The number of aromatic nitrogens is 3. The highest BCUT2D eigenvalue weighted by Gasteiger charge is 2.24. The molecule has 0 aliphatic carbocycles. The van der Waals surface area contributed by atoms with Gasteiger partial charge in [0, 0.05) is 18.6 Å². The third kappa shape index (κ3) is 4.32. The summed E-state index contributed by atoms with van der Waals surface area (Å²) in [5, 5.41) is 12.4. The number of carbonyl (C=O) groups is 1. The Morgan fingerprint density at radius 2 is 2.04 bits per heavy atom. The number of benzene rings is 1. The van der Waals surface area contributed by atoms with Crippen molar-refractivity contribution in [2.24, 2.45) is 0 Å². The Bertz CT molecular complexity index is 728. The Morgan fingerprint density at radius 3 is 2.72 bits per heavy atom. The van der Waals surface area contributed by atoms with Crippen LogP contribution in [-0.4, -0.2) is 45.9 Å². The average molecular weight is 384 g/mol. The molecule has 2 heterocycles. The largest absolute Gasteiger partial charge is 0.336 e. The first-order valence-electron chi connectivity index (χ1n) is 8.19. The molecule has 8 heteroatoms. The number of hydrogen-bond donors (Lipinski definition) is 1. The third-order valence-corrected chi connectivity index (χ3v) is 4.87. The van der Waals surface area contributed by atoms with E-state index in [-0.39, 0.29) is 18.3 Å².